The van der Waals surface area contributed by atoms with Crippen molar-refractivity contribution in [2.75, 3.05) is 11.9 Å². The molecule has 2 fully saturated rings. The molecule has 3 rings (SSSR count). The summed E-state index contributed by atoms with van der Waals surface area (Å²) in [5.41, 5.74) is 1.17. The zero-order chi connectivity index (χ0) is 12.4. The minimum atomic E-state index is -0.192. The number of benzene rings is 1. The molecule has 1 N–H and O–H groups in total. The molecular formula is C15H20FNO. The summed E-state index contributed by atoms with van der Waals surface area (Å²) in [7, 11) is 0. The molecule has 1 aliphatic carbocycles. The molecule has 98 valence electrons. The second-order valence-electron chi connectivity index (χ2n) is 5.56. The Morgan fingerprint density at radius 1 is 1.17 bits per heavy atom. The average molecular weight is 249 g/mol. The summed E-state index contributed by atoms with van der Waals surface area (Å²) < 4.78 is 19.0. The summed E-state index contributed by atoms with van der Waals surface area (Å²) in [6.07, 6.45) is 7.78. The molecule has 1 aromatic carbocycles. The molecule has 0 radical (unpaired) electrons. The third-order valence-electron chi connectivity index (χ3n) is 4.23. The van der Waals surface area contributed by atoms with Crippen LogP contribution in [0.15, 0.2) is 24.3 Å². The van der Waals surface area contributed by atoms with Crippen molar-refractivity contribution in [2.45, 2.75) is 50.2 Å². The lowest BCUT2D eigenvalue weighted by Crippen LogP contribution is -2.27. The van der Waals surface area contributed by atoms with E-state index in [-0.39, 0.29) is 11.4 Å². The van der Waals surface area contributed by atoms with Crippen molar-refractivity contribution in [3.8, 4) is 0 Å². The standard InChI is InChI=1S/C15H20FNO/c16-12-3-5-13(6-4-12)17-11-14-7-10-15(18-14)8-1-2-9-15/h3-6,14,17H,1-2,7-11H2. The number of nitrogens with one attached hydrogen (secondary N) is 1. The van der Waals surface area contributed by atoms with Crippen LogP contribution in [-0.2, 0) is 4.74 Å². The number of rotatable bonds is 3. The summed E-state index contributed by atoms with van der Waals surface area (Å²) in [5, 5.41) is 3.33. The zero-order valence-corrected chi connectivity index (χ0v) is 10.6. The van der Waals surface area contributed by atoms with Gasteiger partial charge in [-0.2, -0.15) is 0 Å². The van der Waals surface area contributed by atoms with Gasteiger partial charge >= 0.3 is 0 Å². The van der Waals surface area contributed by atoms with E-state index in [9.17, 15) is 4.39 Å². The van der Waals surface area contributed by atoms with E-state index in [0.717, 1.165) is 18.7 Å². The van der Waals surface area contributed by atoms with Crippen molar-refractivity contribution in [3.63, 3.8) is 0 Å². The van der Waals surface area contributed by atoms with Gasteiger partial charge in [0.2, 0.25) is 0 Å². The van der Waals surface area contributed by atoms with E-state index in [1.54, 1.807) is 12.1 Å². The highest BCUT2D eigenvalue weighted by Crippen LogP contribution is 2.43. The Kier molecular flexibility index (Phi) is 3.25. The van der Waals surface area contributed by atoms with Crippen LogP contribution in [0.4, 0.5) is 10.1 Å². The SMILES string of the molecule is Fc1ccc(NCC2CCC3(CCCC3)O2)cc1. The van der Waals surface area contributed by atoms with Crippen molar-refractivity contribution >= 4 is 5.69 Å². The number of hydrogen-bond donors (Lipinski definition) is 1. The third kappa shape index (κ3) is 2.51. The maximum absolute atomic E-state index is 12.8. The molecular weight excluding hydrogens is 229 g/mol. The summed E-state index contributed by atoms with van der Waals surface area (Å²) in [6, 6.07) is 6.51. The number of halogens is 1. The van der Waals surface area contributed by atoms with Crippen LogP contribution in [0.3, 0.4) is 0 Å². The van der Waals surface area contributed by atoms with Gasteiger partial charge in [0.15, 0.2) is 0 Å². The fourth-order valence-corrected chi connectivity index (χ4v) is 3.23. The van der Waals surface area contributed by atoms with Gasteiger partial charge in [0.25, 0.3) is 0 Å². The molecule has 1 atom stereocenters. The lowest BCUT2D eigenvalue weighted by atomic mass is 9.98. The van der Waals surface area contributed by atoms with Crippen LogP contribution in [0.5, 0.6) is 0 Å². The molecule has 1 heterocycles. The van der Waals surface area contributed by atoms with E-state index in [4.69, 9.17) is 4.74 Å². The van der Waals surface area contributed by atoms with Crippen LogP contribution in [0, 0.1) is 5.82 Å². The summed E-state index contributed by atoms with van der Waals surface area (Å²) in [6.45, 7) is 0.827. The van der Waals surface area contributed by atoms with E-state index < -0.39 is 0 Å². The second-order valence-corrected chi connectivity index (χ2v) is 5.56. The lowest BCUT2D eigenvalue weighted by Gasteiger charge is -2.24. The van der Waals surface area contributed by atoms with E-state index >= 15 is 0 Å². The van der Waals surface area contributed by atoms with Gasteiger partial charge in [-0.15, -0.1) is 0 Å². The van der Waals surface area contributed by atoms with Crippen LogP contribution in [0.1, 0.15) is 38.5 Å². The quantitative estimate of drug-likeness (QED) is 0.881. The number of hydrogen-bond acceptors (Lipinski definition) is 2. The van der Waals surface area contributed by atoms with Gasteiger partial charge in [-0.3, -0.25) is 0 Å². The Balaban J connectivity index is 1.51. The number of ether oxygens (including phenoxy) is 1. The minimum absolute atomic E-state index is 0.192. The molecule has 1 spiro atoms. The molecule has 1 aromatic rings. The van der Waals surface area contributed by atoms with Crippen molar-refractivity contribution in [2.24, 2.45) is 0 Å². The summed E-state index contributed by atoms with van der Waals surface area (Å²) >= 11 is 0. The van der Waals surface area contributed by atoms with Gasteiger partial charge in [-0.1, -0.05) is 12.8 Å². The molecule has 1 unspecified atom stereocenters. The Labute approximate surface area is 108 Å². The first-order chi connectivity index (χ1) is 8.76. The summed E-state index contributed by atoms with van der Waals surface area (Å²) in [5.74, 6) is -0.192. The van der Waals surface area contributed by atoms with Crippen LogP contribution < -0.4 is 5.32 Å². The molecule has 0 aromatic heterocycles. The van der Waals surface area contributed by atoms with E-state index in [1.807, 2.05) is 0 Å². The Morgan fingerprint density at radius 3 is 2.61 bits per heavy atom. The molecule has 1 aliphatic heterocycles. The fourth-order valence-electron chi connectivity index (χ4n) is 3.23. The predicted octanol–water partition coefficient (Wildman–Crippen LogP) is 3.73. The zero-order valence-electron chi connectivity index (χ0n) is 10.6. The number of anilines is 1. The fraction of sp³-hybridized carbons (Fsp3) is 0.600. The highest BCUT2D eigenvalue weighted by Gasteiger charge is 2.41. The van der Waals surface area contributed by atoms with Gasteiger partial charge in [0, 0.05) is 12.2 Å². The Morgan fingerprint density at radius 2 is 1.89 bits per heavy atom. The van der Waals surface area contributed by atoms with E-state index in [2.05, 4.69) is 5.32 Å². The normalized spacial score (nSPS) is 25.7. The summed E-state index contributed by atoms with van der Waals surface area (Å²) in [4.78, 5) is 0. The molecule has 2 nitrogen and oxygen atoms in total. The predicted molar refractivity (Wildman–Crippen MR) is 70.2 cm³/mol. The van der Waals surface area contributed by atoms with Crippen LogP contribution in [-0.4, -0.2) is 18.2 Å². The molecule has 0 amide bonds. The first kappa shape index (κ1) is 12.0. The average Bonchev–Trinajstić information content (AvgIpc) is 3.00. The molecule has 3 heteroatoms. The maximum Gasteiger partial charge on any atom is 0.123 e. The lowest BCUT2D eigenvalue weighted by molar-refractivity contribution is -0.0307. The highest BCUT2D eigenvalue weighted by atomic mass is 19.1. The molecule has 18 heavy (non-hydrogen) atoms. The van der Waals surface area contributed by atoms with Crippen molar-refractivity contribution in [1.29, 1.82) is 0 Å². The molecule has 1 saturated carbocycles. The Hall–Kier alpha value is -1.09. The monoisotopic (exact) mass is 249 g/mol. The molecule has 2 aliphatic rings. The highest BCUT2D eigenvalue weighted by molar-refractivity contribution is 5.42. The first-order valence-corrected chi connectivity index (χ1v) is 6.93. The first-order valence-electron chi connectivity index (χ1n) is 6.93. The van der Waals surface area contributed by atoms with Gasteiger partial charge in [-0.25, -0.2) is 4.39 Å². The van der Waals surface area contributed by atoms with Crippen LogP contribution in [0.2, 0.25) is 0 Å². The van der Waals surface area contributed by atoms with Crippen molar-refractivity contribution in [3.05, 3.63) is 30.1 Å². The van der Waals surface area contributed by atoms with Crippen molar-refractivity contribution < 1.29 is 9.13 Å². The van der Waals surface area contributed by atoms with Crippen molar-refractivity contribution in [1.82, 2.24) is 0 Å². The van der Waals surface area contributed by atoms with Crippen LogP contribution in [0.25, 0.3) is 0 Å². The van der Waals surface area contributed by atoms with Gasteiger partial charge in [0.1, 0.15) is 5.82 Å². The van der Waals surface area contributed by atoms with E-state index in [0.29, 0.717) is 6.10 Å². The maximum atomic E-state index is 12.8. The Bertz CT molecular complexity index is 397. The minimum Gasteiger partial charge on any atom is -0.382 e. The van der Waals surface area contributed by atoms with Crippen LogP contribution >= 0.6 is 0 Å². The van der Waals surface area contributed by atoms with E-state index in [1.165, 1.54) is 44.2 Å². The molecule has 0 bridgehead atoms. The van der Waals surface area contributed by atoms with Gasteiger partial charge in [-0.05, 0) is 49.9 Å². The van der Waals surface area contributed by atoms with Gasteiger partial charge in [0.05, 0.1) is 11.7 Å². The largest absolute Gasteiger partial charge is 0.382 e. The topological polar surface area (TPSA) is 21.3 Å². The smallest absolute Gasteiger partial charge is 0.123 e. The second kappa shape index (κ2) is 4.88. The van der Waals surface area contributed by atoms with Gasteiger partial charge < -0.3 is 10.1 Å². The third-order valence-corrected chi connectivity index (χ3v) is 4.23. The molecule has 1 saturated heterocycles.